The van der Waals surface area contributed by atoms with Crippen LogP contribution in [0.3, 0.4) is 0 Å². The molecular weight excluding hydrogens is 371 g/mol. The van der Waals surface area contributed by atoms with Gasteiger partial charge in [0, 0.05) is 18.0 Å². The van der Waals surface area contributed by atoms with Crippen LogP contribution >= 0.6 is 0 Å². The van der Waals surface area contributed by atoms with Crippen molar-refractivity contribution in [3.63, 3.8) is 0 Å². The summed E-state index contributed by atoms with van der Waals surface area (Å²) in [4.78, 5) is 2.36. The maximum absolute atomic E-state index is 13.6. The number of hydrogen-bond donors (Lipinski definition) is 0. The van der Waals surface area contributed by atoms with E-state index in [-0.39, 0.29) is 18.1 Å². The highest BCUT2D eigenvalue weighted by molar-refractivity contribution is 5.79. The average Bonchev–Trinajstić information content (AvgIpc) is 3.16. The summed E-state index contributed by atoms with van der Waals surface area (Å²) in [7, 11) is 1.63. The van der Waals surface area contributed by atoms with Crippen LogP contribution in [0.5, 0.6) is 11.5 Å². The summed E-state index contributed by atoms with van der Waals surface area (Å²) in [5.41, 5.74) is 1.34. The lowest BCUT2D eigenvalue weighted by molar-refractivity contribution is -0.0320. The molecule has 1 aliphatic rings. The molecule has 0 bridgehead atoms. The Kier molecular flexibility index (Phi) is 6.00. The second kappa shape index (κ2) is 8.82. The first-order valence-corrected chi connectivity index (χ1v) is 10.2. The third-order valence-corrected chi connectivity index (χ3v) is 5.50. The van der Waals surface area contributed by atoms with Gasteiger partial charge in [-0.25, -0.2) is 4.39 Å². The minimum absolute atomic E-state index is 0.0632. The number of hydrogen-bond acceptors (Lipinski definition) is 5. The van der Waals surface area contributed by atoms with Gasteiger partial charge in [0.05, 0.1) is 13.2 Å². The number of nitrogens with zero attached hydrogens (tertiary/aromatic N) is 2. The molecule has 2 heterocycles. The standard InChI is InChI=1S/C23H26FN2O3/c1-3-8-22(28-20-11-5-4-10-19(20)27-2)26-14-7-6-9-18(26)23-17-13-12-16(24)15-21(17)29-25-23/h5,10-13,15,18,22H,3,6-9,14H2,1-2H3. The Labute approximate surface area is 170 Å². The van der Waals surface area contributed by atoms with Crippen LogP contribution in [0.1, 0.15) is 50.8 Å². The van der Waals surface area contributed by atoms with Gasteiger partial charge in [-0.1, -0.05) is 31.0 Å². The highest BCUT2D eigenvalue weighted by atomic mass is 19.1. The van der Waals surface area contributed by atoms with E-state index in [1.165, 1.54) is 12.1 Å². The molecule has 0 amide bonds. The number of piperidine rings is 1. The zero-order valence-electron chi connectivity index (χ0n) is 16.9. The quantitative estimate of drug-likeness (QED) is 0.526. The van der Waals surface area contributed by atoms with Crippen molar-refractivity contribution in [3.8, 4) is 11.5 Å². The maximum Gasteiger partial charge on any atom is 0.170 e. The van der Waals surface area contributed by atoms with Gasteiger partial charge in [0.1, 0.15) is 11.5 Å². The molecule has 1 saturated heterocycles. The third kappa shape index (κ3) is 4.08. The Morgan fingerprint density at radius 2 is 2.21 bits per heavy atom. The van der Waals surface area contributed by atoms with E-state index in [4.69, 9.17) is 14.0 Å². The van der Waals surface area contributed by atoms with Crippen molar-refractivity contribution in [3.05, 3.63) is 54.0 Å². The molecule has 1 aliphatic heterocycles. The van der Waals surface area contributed by atoms with E-state index < -0.39 is 0 Å². The van der Waals surface area contributed by atoms with Gasteiger partial charge in [0.25, 0.3) is 0 Å². The van der Waals surface area contributed by atoms with Gasteiger partial charge in [-0.05, 0) is 49.6 Å². The lowest BCUT2D eigenvalue weighted by atomic mass is 9.96. The van der Waals surface area contributed by atoms with E-state index in [0.29, 0.717) is 17.1 Å². The first kappa shape index (κ1) is 19.7. The highest BCUT2D eigenvalue weighted by Crippen LogP contribution is 2.38. The predicted molar refractivity (Wildman–Crippen MR) is 108 cm³/mol. The average molecular weight is 397 g/mol. The van der Waals surface area contributed by atoms with Crippen molar-refractivity contribution in [1.29, 1.82) is 0 Å². The van der Waals surface area contributed by atoms with Crippen LogP contribution in [0, 0.1) is 11.9 Å². The Balaban J connectivity index is 1.66. The smallest absolute Gasteiger partial charge is 0.170 e. The van der Waals surface area contributed by atoms with Crippen LogP contribution in [0.15, 0.2) is 40.9 Å². The number of benzene rings is 2. The molecule has 4 rings (SSSR count). The number of halogens is 1. The SMILES string of the molecule is CCCC(Oc1cc[c]cc1OC)N1CCCCC1c1noc2cc(F)ccc12. The predicted octanol–water partition coefficient (Wildman–Crippen LogP) is 5.51. The maximum atomic E-state index is 13.6. The molecule has 5 nitrogen and oxygen atoms in total. The molecule has 0 saturated carbocycles. The van der Waals surface area contributed by atoms with E-state index in [2.05, 4.69) is 23.0 Å². The second-order valence-electron chi connectivity index (χ2n) is 7.40. The second-order valence-corrected chi connectivity index (χ2v) is 7.40. The number of likely N-dealkylation sites (tertiary alicyclic amines) is 1. The van der Waals surface area contributed by atoms with Crippen molar-refractivity contribution >= 4 is 11.0 Å². The first-order chi connectivity index (χ1) is 14.2. The number of rotatable bonds is 7. The van der Waals surface area contributed by atoms with E-state index >= 15 is 0 Å². The van der Waals surface area contributed by atoms with Gasteiger partial charge in [-0.3, -0.25) is 4.90 Å². The van der Waals surface area contributed by atoms with Crippen LogP contribution < -0.4 is 9.47 Å². The fourth-order valence-electron chi connectivity index (χ4n) is 4.11. The summed E-state index contributed by atoms with van der Waals surface area (Å²) >= 11 is 0. The van der Waals surface area contributed by atoms with Gasteiger partial charge >= 0.3 is 0 Å². The number of aromatic nitrogens is 1. The Morgan fingerprint density at radius 1 is 1.31 bits per heavy atom. The van der Waals surface area contributed by atoms with Crippen molar-refractivity contribution in [2.75, 3.05) is 13.7 Å². The lowest BCUT2D eigenvalue weighted by Gasteiger charge is -2.40. The van der Waals surface area contributed by atoms with Gasteiger partial charge in [0.15, 0.2) is 23.3 Å². The summed E-state index contributed by atoms with van der Waals surface area (Å²) in [6, 6.07) is 13.2. The molecule has 153 valence electrons. The largest absolute Gasteiger partial charge is 0.493 e. The molecule has 6 heteroatoms. The Hall–Kier alpha value is -2.60. The molecule has 2 atom stereocenters. The topological polar surface area (TPSA) is 47.7 Å². The van der Waals surface area contributed by atoms with Crippen LogP contribution in [0.25, 0.3) is 11.0 Å². The minimum Gasteiger partial charge on any atom is -0.493 e. The molecule has 29 heavy (non-hydrogen) atoms. The zero-order valence-corrected chi connectivity index (χ0v) is 16.9. The van der Waals surface area contributed by atoms with Crippen molar-refractivity contribution in [2.45, 2.75) is 51.3 Å². The Bertz CT molecular complexity index is 958. The summed E-state index contributed by atoms with van der Waals surface area (Å²) in [5.74, 6) is 1.06. The number of ether oxygens (including phenoxy) is 2. The van der Waals surface area contributed by atoms with Gasteiger partial charge in [-0.2, -0.15) is 0 Å². The Morgan fingerprint density at radius 3 is 3.03 bits per heavy atom. The molecule has 1 aromatic heterocycles. The fraction of sp³-hybridized carbons (Fsp3) is 0.435. The van der Waals surface area contributed by atoms with Crippen LogP contribution in [-0.4, -0.2) is 29.9 Å². The molecule has 0 aliphatic carbocycles. The molecule has 1 radical (unpaired) electrons. The van der Waals surface area contributed by atoms with Crippen LogP contribution in [0.4, 0.5) is 4.39 Å². The molecule has 1 fully saturated rings. The molecule has 2 unspecified atom stereocenters. The molecule has 0 spiro atoms. The van der Waals surface area contributed by atoms with Crippen LogP contribution in [-0.2, 0) is 0 Å². The highest BCUT2D eigenvalue weighted by Gasteiger charge is 2.34. The summed E-state index contributed by atoms with van der Waals surface area (Å²) in [6.07, 6.45) is 4.92. The van der Waals surface area contributed by atoms with E-state index in [0.717, 1.165) is 49.7 Å². The van der Waals surface area contributed by atoms with Gasteiger partial charge in [-0.15, -0.1) is 0 Å². The summed E-state index contributed by atoms with van der Waals surface area (Å²) in [5, 5.41) is 5.19. The van der Waals surface area contributed by atoms with Crippen molar-refractivity contribution in [2.24, 2.45) is 0 Å². The lowest BCUT2D eigenvalue weighted by Crippen LogP contribution is -2.44. The first-order valence-electron chi connectivity index (χ1n) is 10.2. The molecular formula is C23H26FN2O3. The molecule has 0 N–H and O–H groups in total. The van der Waals surface area contributed by atoms with E-state index in [9.17, 15) is 4.39 Å². The van der Waals surface area contributed by atoms with Crippen molar-refractivity contribution in [1.82, 2.24) is 10.1 Å². The van der Waals surface area contributed by atoms with E-state index in [1.807, 2.05) is 12.1 Å². The molecule has 2 aromatic carbocycles. The number of fused-ring (bicyclic) bond motifs is 1. The molecule has 3 aromatic rings. The zero-order chi connectivity index (χ0) is 20.2. The van der Waals surface area contributed by atoms with E-state index in [1.54, 1.807) is 19.2 Å². The van der Waals surface area contributed by atoms with Gasteiger partial charge in [0.2, 0.25) is 0 Å². The normalized spacial score (nSPS) is 18.7. The fourth-order valence-corrected chi connectivity index (χ4v) is 4.11. The number of methoxy groups -OCH3 is 1. The van der Waals surface area contributed by atoms with Gasteiger partial charge < -0.3 is 14.0 Å². The van der Waals surface area contributed by atoms with Crippen LogP contribution in [0.2, 0.25) is 0 Å². The summed E-state index contributed by atoms with van der Waals surface area (Å²) in [6.45, 7) is 3.06. The minimum atomic E-state index is -0.319. The third-order valence-electron chi connectivity index (χ3n) is 5.50. The summed E-state index contributed by atoms with van der Waals surface area (Å²) < 4.78 is 30.9. The van der Waals surface area contributed by atoms with Crippen molar-refractivity contribution < 1.29 is 18.4 Å². The monoisotopic (exact) mass is 397 g/mol.